The number of benzene rings is 1. The van der Waals surface area contributed by atoms with Gasteiger partial charge in [-0.1, -0.05) is 30.3 Å². The normalized spacial score (nSPS) is 18.3. The summed E-state index contributed by atoms with van der Waals surface area (Å²) >= 11 is 0. The van der Waals surface area contributed by atoms with E-state index >= 15 is 0 Å². The highest BCUT2D eigenvalue weighted by atomic mass is 16.1. The monoisotopic (exact) mass is 347 g/mol. The fraction of sp³-hybridized carbons (Fsp3) is 0.250. The molecule has 6 heteroatoms. The first-order chi connectivity index (χ1) is 12.8. The Labute approximate surface area is 152 Å². The zero-order valence-electron chi connectivity index (χ0n) is 14.4. The SMILES string of the molecule is O=C1C[C@@H](c2ccccc2)N(Cc2cn[nH]c2-c2cccnc2)CCN1. The molecule has 1 aliphatic heterocycles. The number of carbonyl (C=O) groups excluding carboxylic acids is 1. The number of nitrogens with zero attached hydrogens (tertiary/aromatic N) is 3. The minimum atomic E-state index is 0.0512. The van der Waals surface area contributed by atoms with Gasteiger partial charge in [0.15, 0.2) is 0 Å². The highest BCUT2D eigenvalue weighted by Crippen LogP contribution is 2.29. The number of H-pyrrole nitrogens is 1. The lowest BCUT2D eigenvalue weighted by Gasteiger charge is -2.29. The van der Waals surface area contributed by atoms with Crippen molar-refractivity contribution in [3.8, 4) is 11.3 Å². The molecule has 1 atom stereocenters. The van der Waals surface area contributed by atoms with Gasteiger partial charge in [0.2, 0.25) is 5.91 Å². The van der Waals surface area contributed by atoms with Crippen LogP contribution < -0.4 is 5.32 Å². The molecular formula is C20H21N5O. The fourth-order valence-electron chi connectivity index (χ4n) is 3.48. The number of amides is 1. The van der Waals surface area contributed by atoms with Gasteiger partial charge in [-0.2, -0.15) is 5.10 Å². The summed E-state index contributed by atoms with van der Waals surface area (Å²) in [6.07, 6.45) is 5.92. The predicted octanol–water partition coefficient (Wildman–Crippen LogP) is 2.53. The second kappa shape index (κ2) is 7.49. The quantitative estimate of drug-likeness (QED) is 0.761. The molecule has 1 amide bonds. The first-order valence-corrected chi connectivity index (χ1v) is 8.79. The zero-order chi connectivity index (χ0) is 17.8. The first kappa shape index (κ1) is 16.5. The molecule has 2 N–H and O–H groups in total. The second-order valence-electron chi connectivity index (χ2n) is 6.46. The van der Waals surface area contributed by atoms with Crippen LogP contribution in [0, 0.1) is 0 Å². The molecule has 6 nitrogen and oxygen atoms in total. The summed E-state index contributed by atoms with van der Waals surface area (Å²) in [5.74, 6) is 0.0982. The van der Waals surface area contributed by atoms with Crippen molar-refractivity contribution in [2.45, 2.75) is 19.0 Å². The van der Waals surface area contributed by atoms with Crippen molar-refractivity contribution < 1.29 is 4.79 Å². The van der Waals surface area contributed by atoms with Crippen molar-refractivity contribution in [3.63, 3.8) is 0 Å². The van der Waals surface area contributed by atoms with Crippen molar-refractivity contribution >= 4 is 5.91 Å². The molecule has 1 fully saturated rings. The van der Waals surface area contributed by atoms with Gasteiger partial charge in [-0.25, -0.2) is 0 Å². The van der Waals surface area contributed by atoms with E-state index in [1.807, 2.05) is 42.7 Å². The van der Waals surface area contributed by atoms with Crippen LogP contribution in [0.15, 0.2) is 61.1 Å². The van der Waals surface area contributed by atoms with Crippen LogP contribution in [0.5, 0.6) is 0 Å². The second-order valence-corrected chi connectivity index (χ2v) is 6.46. The van der Waals surface area contributed by atoms with E-state index in [1.54, 1.807) is 6.20 Å². The Hall–Kier alpha value is -2.99. The van der Waals surface area contributed by atoms with Crippen LogP contribution in [-0.2, 0) is 11.3 Å². The molecule has 0 spiro atoms. The van der Waals surface area contributed by atoms with Crippen LogP contribution in [-0.4, -0.2) is 39.1 Å². The largest absolute Gasteiger partial charge is 0.355 e. The Bertz CT molecular complexity index is 862. The third-order valence-electron chi connectivity index (χ3n) is 4.77. The van der Waals surface area contributed by atoms with E-state index in [1.165, 1.54) is 0 Å². The van der Waals surface area contributed by atoms with E-state index in [2.05, 4.69) is 37.5 Å². The Morgan fingerprint density at radius 3 is 2.81 bits per heavy atom. The van der Waals surface area contributed by atoms with Gasteiger partial charge in [-0.15, -0.1) is 0 Å². The Kier molecular flexibility index (Phi) is 4.75. The van der Waals surface area contributed by atoms with Crippen molar-refractivity contribution in [2.24, 2.45) is 0 Å². The summed E-state index contributed by atoms with van der Waals surface area (Å²) < 4.78 is 0. The average molecular weight is 347 g/mol. The van der Waals surface area contributed by atoms with Crippen molar-refractivity contribution in [3.05, 3.63) is 72.2 Å². The van der Waals surface area contributed by atoms with Gasteiger partial charge < -0.3 is 5.32 Å². The maximum Gasteiger partial charge on any atom is 0.221 e. The maximum absolute atomic E-state index is 12.1. The average Bonchev–Trinajstić information content (AvgIpc) is 3.07. The lowest BCUT2D eigenvalue weighted by Crippen LogP contribution is -2.30. The molecule has 2 aromatic heterocycles. The molecule has 132 valence electrons. The molecule has 0 radical (unpaired) electrons. The topological polar surface area (TPSA) is 73.9 Å². The van der Waals surface area contributed by atoms with E-state index < -0.39 is 0 Å². The molecule has 0 bridgehead atoms. The Morgan fingerprint density at radius 1 is 1.12 bits per heavy atom. The summed E-state index contributed by atoms with van der Waals surface area (Å²) in [6.45, 7) is 2.17. The molecule has 3 heterocycles. The number of hydrogen-bond acceptors (Lipinski definition) is 4. The molecule has 4 rings (SSSR count). The van der Waals surface area contributed by atoms with Crippen molar-refractivity contribution in [1.29, 1.82) is 0 Å². The van der Waals surface area contributed by atoms with Gasteiger partial charge in [0, 0.05) is 55.6 Å². The first-order valence-electron chi connectivity index (χ1n) is 8.79. The fourth-order valence-corrected chi connectivity index (χ4v) is 3.48. The van der Waals surface area contributed by atoms with E-state index in [4.69, 9.17) is 0 Å². The van der Waals surface area contributed by atoms with E-state index in [9.17, 15) is 4.79 Å². The van der Waals surface area contributed by atoms with Crippen LogP contribution >= 0.6 is 0 Å². The number of rotatable bonds is 4. The number of aromatic amines is 1. The molecule has 0 saturated carbocycles. The lowest BCUT2D eigenvalue weighted by molar-refractivity contribution is -0.121. The minimum Gasteiger partial charge on any atom is -0.355 e. The number of nitrogens with one attached hydrogen (secondary N) is 2. The zero-order valence-corrected chi connectivity index (χ0v) is 14.4. The third-order valence-corrected chi connectivity index (χ3v) is 4.77. The molecule has 0 unspecified atom stereocenters. The Morgan fingerprint density at radius 2 is 2.00 bits per heavy atom. The summed E-state index contributed by atoms with van der Waals surface area (Å²) in [4.78, 5) is 18.7. The highest BCUT2D eigenvalue weighted by molar-refractivity contribution is 5.77. The molecule has 3 aromatic rings. The van der Waals surface area contributed by atoms with Crippen LogP contribution in [0.4, 0.5) is 0 Å². The maximum atomic E-state index is 12.1. The molecule has 26 heavy (non-hydrogen) atoms. The standard InChI is InChI=1S/C20H21N5O/c26-19-11-18(15-5-2-1-3-6-15)25(10-9-22-19)14-17-13-23-24-20(17)16-7-4-8-21-12-16/h1-8,12-13,18H,9-11,14H2,(H,22,26)(H,23,24)/t18-/m0/s1. The number of hydrogen-bond donors (Lipinski definition) is 2. The van der Waals surface area contributed by atoms with Crippen molar-refractivity contribution in [2.75, 3.05) is 13.1 Å². The van der Waals surface area contributed by atoms with Crippen molar-refractivity contribution in [1.82, 2.24) is 25.4 Å². The molecule has 1 aromatic carbocycles. The summed E-state index contributed by atoms with van der Waals surface area (Å²) in [7, 11) is 0. The van der Waals surface area contributed by atoms with E-state index in [0.717, 1.165) is 35.5 Å². The van der Waals surface area contributed by atoms with Gasteiger partial charge in [0.1, 0.15) is 0 Å². The van der Waals surface area contributed by atoms with Gasteiger partial charge >= 0.3 is 0 Å². The van der Waals surface area contributed by atoms with E-state index in [0.29, 0.717) is 13.0 Å². The van der Waals surface area contributed by atoms with Crippen LogP contribution in [0.2, 0.25) is 0 Å². The number of carbonyl (C=O) groups is 1. The van der Waals surface area contributed by atoms with Gasteiger partial charge in [0.25, 0.3) is 0 Å². The highest BCUT2D eigenvalue weighted by Gasteiger charge is 2.27. The summed E-state index contributed by atoms with van der Waals surface area (Å²) in [5, 5.41) is 10.3. The van der Waals surface area contributed by atoms with Crippen LogP contribution in [0.3, 0.4) is 0 Å². The van der Waals surface area contributed by atoms with E-state index in [-0.39, 0.29) is 11.9 Å². The summed E-state index contributed by atoms with van der Waals surface area (Å²) in [5.41, 5.74) is 4.26. The van der Waals surface area contributed by atoms with Gasteiger partial charge in [-0.05, 0) is 17.7 Å². The van der Waals surface area contributed by atoms with Gasteiger partial charge in [-0.3, -0.25) is 19.8 Å². The predicted molar refractivity (Wildman–Crippen MR) is 99.0 cm³/mol. The third kappa shape index (κ3) is 3.50. The van der Waals surface area contributed by atoms with Crippen LogP contribution in [0.25, 0.3) is 11.3 Å². The minimum absolute atomic E-state index is 0.0512. The molecule has 0 aliphatic carbocycles. The number of aromatic nitrogens is 3. The van der Waals surface area contributed by atoms with Gasteiger partial charge in [0.05, 0.1) is 11.9 Å². The molecule has 1 aliphatic rings. The molecule has 1 saturated heterocycles. The number of pyridine rings is 1. The summed E-state index contributed by atoms with van der Waals surface area (Å²) in [6, 6.07) is 14.2. The smallest absolute Gasteiger partial charge is 0.221 e. The van der Waals surface area contributed by atoms with Crippen LogP contribution in [0.1, 0.15) is 23.6 Å². The lowest BCUT2D eigenvalue weighted by atomic mass is 10.0. The molecular weight excluding hydrogens is 326 g/mol. The Balaban J connectivity index is 1.63.